The predicted molar refractivity (Wildman–Crippen MR) is 59.7 cm³/mol. The second-order valence-corrected chi connectivity index (χ2v) is 5.59. The van der Waals surface area contributed by atoms with Gasteiger partial charge in [0.1, 0.15) is 0 Å². The minimum Gasteiger partial charge on any atom is -0.0651 e. The van der Waals surface area contributed by atoms with E-state index in [1.165, 1.54) is 12.8 Å². The SMILES string of the molecule is CCC(C)C(CC)C1C(C)C1(C)C. The fourth-order valence-corrected chi connectivity index (χ4v) is 3.18. The van der Waals surface area contributed by atoms with Crippen LogP contribution in [0.2, 0.25) is 0 Å². The minimum absolute atomic E-state index is 0.629. The summed E-state index contributed by atoms with van der Waals surface area (Å²) in [5.74, 6) is 3.83. The van der Waals surface area contributed by atoms with Crippen molar-refractivity contribution in [3.8, 4) is 0 Å². The molecule has 1 saturated carbocycles. The molecule has 0 heteroatoms. The lowest BCUT2D eigenvalue weighted by Crippen LogP contribution is -2.15. The maximum absolute atomic E-state index is 2.44. The first-order valence-electron chi connectivity index (χ1n) is 5.96. The predicted octanol–water partition coefficient (Wildman–Crippen LogP) is 4.35. The van der Waals surface area contributed by atoms with Gasteiger partial charge in [0.25, 0.3) is 0 Å². The molecule has 1 aliphatic carbocycles. The molecule has 4 atom stereocenters. The van der Waals surface area contributed by atoms with Crippen molar-refractivity contribution in [2.45, 2.75) is 54.4 Å². The Balaban J connectivity index is 2.60. The van der Waals surface area contributed by atoms with Crippen molar-refractivity contribution >= 4 is 0 Å². The van der Waals surface area contributed by atoms with Crippen LogP contribution in [-0.2, 0) is 0 Å². The topological polar surface area (TPSA) is 0 Å². The first kappa shape index (κ1) is 11.1. The second-order valence-electron chi connectivity index (χ2n) is 5.59. The Kier molecular flexibility index (Phi) is 3.09. The molecule has 0 saturated heterocycles. The largest absolute Gasteiger partial charge is 0.0651 e. The van der Waals surface area contributed by atoms with Crippen LogP contribution in [0.25, 0.3) is 0 Å². The van der Waals surface area contributed by atoms with Gasteiger partial charge in [-0.25, -0.2) is 0 Å². The average Bonchev–Trinajstić information content (AvgIpc) is 2.56. The first-order chi connectivity index (χ1) is 5.96. The molecule has 0 amide bonds. The van der Waals surface area contributed by atoms with Gasteiger partial charge in [-0.3, -0.25) is 0 Å². The number of rotatable bonds is 4. The zero-order chi connectivity index (χ0) is 10.2. The van der Waals surface area contributed by atoms with E-state index in [1.807, 2.05) is 0 Å². The smallest absolute Gasteiger partial charge is 0.0292 e. The molecular weight excluding hydrogens is 156 g/mol. The zero-order valence-electron chi connectivity index (χ0n) is 10.2. The monoisotopic (exact) mass is 182 g/mol. The normalized spacial score (nSPS) is 35.5. The quantitative estimate of drug-likeness (QED) is 0.606. The van der Waals surface area contributed by atoms with E-state index in [9.17, 15) is 0 Å². The van der Waals surface area contributed by atoms with Crippen molar-refractivity contribution in [2.75, 3.05) is 0 Å². The molecule has 0 heterocycles. The van der Waals surface area contributed by atoms with E-state index in [1.54, 1.807) is 0 Å². The van der Waals surface area contributed by atoms with E-state index in [2.05, 4.69) is 41.5 Å². The maximum atomic E-state index is 2.44. The Morgan fingerprint density at radius 1 is 1.15 bits per heavy atom. The summed E-state index contributed by atoms with van der Waals surface area (Å²) in [7, 11) is 0. The summed E-state index contributed by atoms with van der Waals surface area (Å²) >= 11 is 0. The van der Waals surface area contributed by atoms with Gasteiger partial charge in [0.05, 0.1) is 0 Å². The molecule has 13 heavy (non-hydrogen) atoms. The van der Waals surface area contributed by atoms with Crippen molar-refractivity contribution in [1.29, 1.82) is 0 Å². The van der Waals surface area contributed by atoms with Gasteiger partial charge in [-0.05, 0) is 29.1 Å². The van der Waals surface area contributed by atoms with Crippen LogP contribution in [0, 0.1) is 29.1 Å². The van der Waals surface area contributed by atoms with Gasteiger partial charge in [-0.1, -0.05) is 54.4 Å². The molecule has 0 nitrogen and oxygen atoms in total. The van der Waals surface area contributed by atoms with Crippen LogP contribution in [0.3, 0.4) is 0 Å². The van der Waals surface area contributed by atoms with Crippen LogP contribution in [0.4, 0.5) is 0 Å². The third-order valence-electron chi connectivity index (χ3n) is 4.77. The molecule has 1 aliphatic rings. The fourth-order valence-electron chi connectivity index (χ4n) is 3.18. The number of hydrogen-bond donors (Lipinski definition) is 0. The summed E-state index contributed by atoms with van der Waals surface area (Å²) in [6, 6.07) is 0. The summed E-state index contributed by atoms with van der Waals surface area (Å²) in [6.45, 7) is 14.4. The van der Waals surface area contributed by atoms with Gasteiger partial charge < -0.3 is 0 Å². The third kappa shape index (κ3) is 1.78. The lowest BCUT2D eigenvalue weighted by molar-refractivity contribution is 0.266. The molecule has 0 radical (unpaired) electrons. The minimum atomic E-state index is 0.629. The molecule has 1 fully saturated rings. The van der Waals surface area contributed by atoms with Crippen molar-refractivity contribution in [2.24, 2.45) is 29.1 Å². The van der Waals surface area contributed by atoms with Gasteiger partial charge in [0, 0.05) is 0 Å². The molecule has 0 aliphatic heterocycles. The zero-order valence-corrected chi connectivity index (χ0v) is 10.2. The van der Waals surface area contributed by atoms with Crippen LogP contribution < -0.4 is 0 Å². The van der Waals surface area contributed by atoms with Crippen LogP contribution in [0.1, 0.15) is 54.4 Å². The molecular formula is C13H26. The summed E-state index contributed by atoms with van der Waals surface area (Å²) in [4.78, 5) is 0. The highest BCUT2D eigenvalue weighted by atomic mass is 14.6. The molecule has 0 aromatic carbocycles. The van der Waals surface area contributed by atoms with Crippen LogP contribution in [0.5, 0.6) is 0 Å². The summed E-state index contributed by atoms with van der Waals surface area (Å²) in [5.41, 5.74) is 0.629. The van der Waals surface area contributed by atoms with E-state index < -0.39 is 0 Å². The molecule has 78 valence electrons. The Morgan fingerprint density at radius 3 is 1.85 bits per heavy atom. The van der Waals surface area contributed by atoms with E-state index in [4.69, 9.17) is 0 Å². The average molecular weight is 182 g/mol. The van der Waals surface area contributed by atoms with Gasteiger partial charge in [-0.2, -0.15) is 0 Å². The van der Waals surface area contributed by atoms with Crippen LogP contribution in [-0.4, -0.2) is 0 Å². The van der Waals surface area contributed by atoms with Gasteiger partial charge >= 0.3 is 0 Å². The lowest BCUT2D eigenvalue weighted by atomic mass is 9.83. The van der Waals surface area contributed by atoms with E-state index >= 15 is 0 Å². The number of hydrogen-bond acceptors (Lipinski definition) is 0. The van der Waals surface area contributed by atoms with Crippen molar-refractivity contribution in [1.82, 2.24) is 0 Å². The van der Waals surface area contributed by atoms with E-state index in [0.29, 0.717) is 5.41 Å². The third-order valence-corrected chi connectivity index (χ3v) is 4.77. The molecule has 0 aromatic heterocycles. The second kappa shape index (κ2) is 3.63. The lowest BCUT2D eigenvalue weighted by Gasteiger charge is -2.23. The summed E-state index contributed by atoms with van der Waals surface area (Å²) < 4.78 is 0. The summed E-state index contributed by atoms with van der Waals surface area (Å²) in [5, 5.41) is 0. The molecule has 0 aromatic rings. The molecule has 0 spiro atoms. The first-order valence-corrected chi connectivity index (χ1v) is 5.96. The highest BCUT2D eigenvalue weighted by Gasteiger charge is 2.57. The van der Waals surface area contributed by atoms with Gasteiger partial charge in [0.2, 0.25) is 0 Å². The molecule has 1 rings (SSSR count). The highest BCUT2D eigenvalue weighted by molar-refractivity contribution is 5.05. The standard InChI is InChI=1S/C13H26/c1-7-9(3)11(8-2)12-10(4)13(12,5)6/h9-12H,7-8H2,1-6H3. The Morgan fingerprint density at radius 2 is 1.62 bits per heavy atom. The molecule has 0 N–H and O–H groups in total. The Bertz CT molecular complexity index is 169. The van der Waals surface area contributed by atoms with Gasteiger partial charge in [0.15, 0.2) is 0 Å². The van der Waals surface area contributed by atoms with Crippen molar-refractivity contribution in [3.63, 3.8) is 0 Å². The molecule has 4 unspecified atom stereocenters. The Labute approximate surface area is 84.1 Å². The summed E-state index contributed by atoms with van der Waals surface area (Å²) in [6.07, 6.45) is 2.71. The highest BCUT2D eigenvalue weighted by Crippen LogP contribution is 2.63. The Hall–Kier alpha value is 0. The van der Waals surface area contributed by atoms with Crippen molar-refractivity contribution in [3.05, 3.63) is 0 Å². The van der Waals surface area contributed by atoms with Crippen LogP contribution in [0.15, 0.2) is 0 Å². The van der Waals surface area contributed by atoms with E-state index in [-0.39, 0.29) is 0 Å². The van der Waals surface area contributed by atoms with Crippen LogP contribution >= 0.6 is 0 Å². The molecule has 0 bridgehead atoms. The van der Waals surface area contributed by atoms with Gasteiger partial charge in [-0.15, -0.1) is 0 Å². The fraction of sp³-hybridized carbons (Fsp3) is 1.00. The van der Waals surface area contributed by atoms with Crippen molar-refractivity contribution < 1.29 is 0 Å². The van der Waals surface area contributed by atoms with E-state index in [0.717, 1.165) is 23.7 Å². The maximum Gasteiger partial charge on any atom is -0.0292 e.